The molecule has 0 aliphatic carbocycles. The van der Waals surface area contributed by atoms with E-state index in [0.29, 0.717) is 19.0 Å². The van der Waals surface area contributed by atoms with Crippen LogP contribution in [0.4, 0.5) is 0 Å². The molecular formula is C17H29ClN2O3Si. The van der Waals surface area contributed by atoms with Crippen molar-refractivity contribution in [3.8, 4) is 0 Å². The summed E-state index contributed by atoms with van der Waals surface area (Å²) in [5.74, 6) is 0. The van der Waals surface area contributed by atoms with Crippen LogP contribution in [-0.2, 0) is 19.8 Å². The van der Waals surface area contributed by atoms with Gasteiger partial charge in [0.15, 0.2) is 0 Å². The lowest BCUT2D eigenvalue weighted by atomic mass is 10.2. The molecule has 5 nitrogen and oxygen atoms in total. The molecule has 0 aliphatic rings. The van der Waals surface area contributed by atoms with E-state index in [9.17, 15) is 0 Å². The topological polar surface area (TPSA) is 57.0 Å². The van der Waals surface area contributed by atoms with Gasteiger partial charge in [-0.1, -0.05) is 48.5 Å². The van der Waals surface area contributed by atoms with Crippen LogP contribution in [0.3, 0.4) is 0 Å². The third-order valence-corrected chi connectivity index (χ3v) is 7.06. The highest BCUT2D eigenvalue weighted by molar-refractivity contribution is 6.61. The average molecular weight is 373 g/mol. The predicted octanol–water partition coefficient (Wildman–Crippen LogP) is 3.18. The van der Waals surface area contributed by atoms with Crippen LogP contribution in [0.25, 0.3) is 0 Å². The summed E-state index contributed by atoms with van der Waals surface area (Å²) in [7, 11) is 0.457. The van der Waals surface area contributed by atoms with Crippen LogP contribution in [0.15, 0.2) is 43.1 Å². The molecule has 1 unspecified atom stereocenters. The number of alkyl halides is 1. The molecule has 1 aromatic rings. The van der Waals surface area contributed by atoms with Crippen molar-refractivity contribution in [2.45, 2.75) is 31.0 Å². The molecule has 0 spiro atoms. The van der Waals surface area contributed by atoms with Crippen LogP contribution in [0.2, 0.25) is 6.04 Å². The van der Waals surface area contributed by atoms with Gasteiger partial charge in [-0.25, -0.2) is 0 Å². The summed E-state index contributed by atoms with van der Waals surface area (Å²) < 4.78 is 16.9. The monoisotopic (exact) mass is 372 g/mol. The Morgan fingerprint density at radius 3 is 2.50 bits per heavy atom. The zero-order valence-electron chi connectivity index (χ0n) is 14.6. The molecule has 0 saturated heterocycles. The highest BCUT2D eigenvalue weighted by Crippen LogP contribution is 2.21. The molecule has 2 N–H and O–H groups in total. The Kier molecular flexibility index (Phi) is 10.2. The molecule has 1 rings (SSSR count). The van der Waals surface area contributed by atoms with Crippen LogP contribution in [0, 0.1) is 0 Å². The van der Waals surface area contributed by atoms with Crippen molar-refractivity contribution in [3.63, 3.8) is 0 Å². The van der Waals surface area contributed by atoms with Gasteiger partial charge in [-0.15, -0.1) is 0 Å². The lowest BCUT2D eigenvalue weighted by molar-refractivity contribution is 0.0791. The van der Waals surface area contributed by atoms with Crippen molar-refractivity contribution >= 4 is 20.4 Å². The Hall–Kier alpha value is -0.893. The molecule has 0 bridgehead atoms. The highest BCUT2D eigenvalue weighted by atomic mass is 35.5. The quantitative estimate of drug-likeness (QED) is 0.425. The Morgan fingerprint density at radius 1 is 1.29 bits per heavy atom. The van der Waals surface area contributed by atoms with Crippen molar-refractivity contribution in [3.05, 3.63) is 48.7 Å². The Bertz CT molecular complexity index is 460. The molecule has 0 aliphatic heterocycles. The first-order valence-electron chi connectivity index (χ1n) is 8.12. The molecule has 1 aromatic carbocycles. The summed E-state index contributed by atoms with van der Waals surface area (Å²) in [4.78, 5) is 2.11. The summed E-state index contributed by atoms with van der Waals surface area (Å²) in [5, 5.41) is 0. The summed E-state index contributed by atoms with van der Waals surface area (Å²) in [6, 6.07) is 10.9. The van der Waals surface area contributed by atoms with Gasteiger partial charge in [0, 0.05) is 39.8 Å². The fourth-order valence-corrected chi connectivity index (χ4v) is 4.87. The maximum absolute atomic E-state index is 6.37. The minimum atomic E-state index is -2.74. The van der Waals surface area contributed by atoms with E-state index in [1.807, 2.05) is 24.4 Å². The fraction of sp³-hybridized carbons (Fsp3) is 0.529. The third kappa shape index (κ3) is 7.34. The maximum atomic E-state index is 6.37. The maximum Gasteiger partial charge on any atom is 0.501 e. The standard InChI is InChI=1S/C17H29ClN2O3Si/c1-4-20(15-16-9-6-5-7-10-16)13-11-17(18)23-24(21-2,22-3)14-8-12-19/h4-7,9-10,17H,1,8,11-15,19H2,2-3H3. The van der Waals surface area contributed by atoms with E-state index in [1.165, 1.54) is 5.56 Å². The Balaban J connectivity index is 2.49. The van der Waals surface area contributed by atoms with Gasteiger partial charge in [-0.2, -0.15) is 0 Å². The average Bonchev–Trinajstić information content (AvgIpc) is 2.63. The van der Waals surface area contributed by atoms with Crippen LogP contribution >= 0.6 is 11.6 Å². The number of hydrogen-bond acceptors (Lipinski definition) is 5. The van der Waals surface area contributed by atoms with Gasteiger partial charge in [0.2, 0.25) is 0 Å². The van der Waals surface area contributed by atoms with E-state index in [2.05, 4.69) is 23.6 Å². The Labute approximate surface area is 151 Å². The number of nitrogens with zero attached hydrogens (tertiary/aromatic N) is 1. The molecule has 0 radical (unpaired) electrons. The number of nitrogens with two attached hydrogens (primary N) is 1. The van der Waals surface area contributed by atoms with E-state index in [0.717, 1.165) is 19.5 Å². The lowest BCUT2D eigenvalue weighted by Crippen LogP contribution is -2.46. The second kappa shape index (κ2) is 11.6. The first kappa shape index (κ1) is 21.2. The summed E-state index contributed by atoms with van der Waals surface area (Å²) >= 11 is 6.37. The van der Waals surface area contributed by atoms with Gasteiger partial charge >= 0.3 is 8.80 Å². The largest absolute Gasteiger partial charge is 0.501 e. The molecular weight excluding hydrogens is 344 g/mol. The SMILES string of the molecule is C=CN(CCC(Cl)O[Si](CCCN)(OC)OC)Cc1ccccc1. The van der Waals surface area contributed by atoms with Gasteiger partial charge < -0.3 is 23.9 Å². The molecule has 7 heteroatoms. The zero-order valence-corrected chi connectivity index (χ0v) is 16.4. The van der Waals surface area contributed by atoms with Crippen molar-refractivity contribution in [1.29, 1.82) is 0 Å². The molecule has 1 atom stereocenters. The van der Waals surface area contributed by atoms with Crippen LogP contribution in [0.5, 0.6) is 0 Å². The third-order valence-electron chi connectivity index (χ3n) is 3.75. The van der Waals surface area contributed by atoms with E-state index in [1.54, 1.807) is 14.2 Å². The van der Waals surface area contributed by atoms with E-state index in [4.69, 9.17) is 30.6 Å². The zero-order chi connectivity index (χ0) is 17.8. The molecule has 0 amide bonds. The summed E-state index contributed by atoms with van der Waals surface area (Å²) in [6.07, 6.45) is 3.25. The smallest absolute Gasteiger partial charge is 0.377 e. The minimum absolute atomic E-state index is 0.479. The van der Waals surface area contributed by atoms with Crippen molar-refractivity contribution in [2.75, 3.05) is 27.3 Å². The van der Waals surface area contributed by atoms with E-state index in [-0.39, 0.29) is 0 Å². The van der Waals surface area contributed by atoms with Gasteiger partial charge in [0.05, 0.1) is 0 Å². The van der Waals surface area contributed by atoms with Gasteiger partial charge in [-0.05, 0) is 24.7 Å². The van der Waals surface area contributed by atoms with Gasteiger partial charge in [0.25, 0.3) is 0 Å². The second-order valence-electron chi connectivity index (χ2n) is 5.44. The molecule has 136 valence electrons. The van der Waals surface area contributed by atoms with Crippen molar-refractivity contribution in [1.82, 2.24) is 4.90 Å². The van der Waals surface area contributed by atoms with Crippen LogP contribution < -0.4 is 5.73 Å². The number of halogens is 1. The van der Waals surface area contributed by atoms with Gasteiger partial charge in [-0.3, -0.25) is 0 Å². The summed E-state index contributed by atoms with van der Waals surface area (Å²) in [6.45, 7) is 5.97. The first-order chi connectivity index (χ1) is 11.6. The van der Waals surface area contributed by atoms with Gasteiger partial charge in [0.1, 0.15) is 5.56 Å². The predicted molar refractivity (Wildman–Crippen MR) is 101 cm³/mol. The molecule has 0 saturated carbocycles. The highest BCUT2D eigenvalue weighted by Gasteiger charge is 2.40. The molecule has 0 heterocycles. The summed E-state index contributed by atoms with van der Waals surface area (Å²) in [5.41, 5.74) is 6.32. The number of rotatable bonds is 13. The van der Waals surface area contributed by atoms with Crippen LogP contribution in [-0.4, -0.2) is 46.6 Å². The van der Waals surface area contributed by atoms with E-state index < -0.39 is 14.4 Å². The lowest BCUT2D eigenvalue weighted by Gasteiger charge is -2.29. The van der Waals surface area contributed by atoms with Crippen molar-refractivity contribution in [2.24, 2.45) is 5.73 Å². The molecule has 0 fully saturated rings. The number of hydrogen-bond donors (Lipinski definition) is 1. The minimum Gasteiger partial charge on any atom is -0.377 e. The second-order valence-corrected chi connectivity index (χ2v) is 8.84. The Morgan fingerprint density at radius 2 is 1.96 bits per heavy atom. The van der Waals surface area contributed by atoms with E-state index >= 15 is 0 Å². The number of benzene rings is 1. The molecule has 24 heavy (non-hydrogen) atoms. The fourth-order valence-electron chi connectivity index (χ4n) is 2.34. The molecule has 0 aromatic heterocycles. The first-order valence-corrected chi connectivity index (χ1v) is 10.5. The normalized spacial score (nSPS) is 12.8. The van der Waals surface area contributed by atoms with Crippen molar-refractivity contribution < 1.29 is 13.3 Å². The van der Waals surface area contributed by atoms with Crippen LogP contribution in [0.1, 0.15) is 18.4 Å².